The third-order valence-corrected chi connectivity index (χ3v) is 7.11. The lowest BCUT2D eigenvalue weighted by atomic mass is 10.1. The van der Waals surface area contributed by atoms with Gasteiger partial charge in [0.1, 0.15) is 5.82 Å². The Morgan fingerprint density at radius 3 is 2.56 bits per heavy atom. The second kappa shape index (κ2) is 13.3. The van der Waals surface area contributed by atoms with Crippen molar-refractivity contribution < 1.29 is 23.4 Å². The lowest BCUT2D eigenvalue weighted by molar-refractivity contribution is -0.129. The van der Waals surface area contributed by atoms with Gasteiger partial charge in [0.05, 0.1) is 20.9 Å². The number of amides is 2. The molecule has 9 nitrogen and oxygen atoms in total. The van der Waals surface area contributed by atoms with Crippen LogP contribution in [-0.2, 0) is 19.3 Å². The van der Waals surface area contributed by atoms with Crippen molar-refractivity contribution in [2.24, 2.45) is 4.36 Å². The Balaban J connectivity index is 1.74. The molecule has 0 fully saturated rings. The number of carbonyl (C=O) groups excluding carboxylic acids is 4. The first kappa shape index (κ1) is 28.9. The molecule has 0 aliphatic rings. The summed E-state index contributed by atoms with van der Waals surface area (Å²) in [5, 5.41) is 2.85. The zero-order chi connectivity index (χ0) is 28.4. The second-order valence-electron chi connectivity index (χ2n) is 8.91. The molecule has 10 heteroatoms. The summed E-state index contributed by atoms with van der Waals surface area (Å²) in [6.07, 6.45) is 3.68. The molecule has 0 aliphatic heterocycles. The largest absolute Gasteiger partial charge is 0.383 e. The number of unbranched alkanes of at least 4 members (excludes halogenated alkanes) is 1. The number of rotatable bonds is 9. The minimum atomic E-state index is -2.86. The summed E-state index contributed by atoms with van der Waals surface area (Å²) >= 11 is 0. The topological polar surface area (TPSA) is 149 Å². The van der Waals surface area contributed by atoms with Gasteiger partial charge in [-0.2, -0.15) is 4.36 Å². The van der Waals surface area contributed by atoms with Crippen LogP contribution in [0.5, 0.6) is 0 Å². The predicted octanol–water partition coefficient (Wildman–Crippen LogP) is 3.80. The van der Waals surface area contributed by atoms with Crippen molar-refractivity contribution in [2.45, 2.75) is 26.2 Å². The number of benzene rings is 2. The highest BCUT2D eigenvalue weighted by atomic mass is 32.2. The highest BCUT2D eigenvalue weighted by Gasteiger charge is 2.12. The van der Waals surface area contributed by atoms with E-state index in [1.54, 1.807) is 30.3 Å². The van der Waals surface area contributed by atoms with E-state index in [9.17, 15) is 23.4 Å². The van der Waals surface area contributed by atoms with Gasteiger partial charge in [-0.3, -0.25) is 19.2 Å². The molecular weight excluding hydrogens is 516 g/mol. The Morgan fingerprint density at radius 2 is 1.82 bits per heavy atom. The van der Waals surface area contributed by atoms with Gasteiger partial charge in [0.25, 0.3) is 11.8 Å². The van der Waals surface area contributed by atoms with Crippen LogP contribution in [0.2, 0.25) is 0 Å². The molecule has 0 aliphatic carbocycles. The Kier molecular flexibility index (Phi) is 9.84. The highest BCUT2D eigenvalue weighted by molar-refractivity contribution is 7.93. The normalized spacial score (nSPS) is 11.8. The third-order valence-electron chi connectivity index (χ3n) is 5.51. The van der Waals surface area contributed by atoms with Crippen molar-refractivity contribution >= 4 is 45.1 Å². The molecule has 3 aromatic rings. The summed E-state index contributed by atoms with van der Waals surface area (Å²) < 4.78 is 16.6. The summed E-state index contributed by atoms with van der Waals surface area (Å²) in [6.45, 7) is 1.94. The fourth-order valence-electron chi connectivity index (χ4n) is 3.50. The Bertz CT molecular complexity index is 1610. The van der Waals surface area contributed by atoms with Gasteiger partial charge < -0.3 is 11.1 Å². The van der Waals surface area contributed by atoms with E-state index in [-0.39, 0.29) is 41.3 Å². The van der Waals surface area contributed by atoms with E-state index < -0.39 is 21.4 Å². The van der Waals surface area contributed by atoms with Gasteiger partial charge in [-0.1, -0.05) is 30.0 Å². The molecule has 0 spiro atoms. The van der Waals surface area contributed by atoms with Crippen LogP contribution in [0, 0.1) is 18.8 Å². The first-order valence-electron chi connectivity index (χ1n) is 12.0. The Hall–Kier alpha value is -4.62. The van der Waals surface area contributed by atoms with Gasteiger partial charge in [-0.15, -0.1) is 0 Å². The fraction of sp³-hybridized carbons (Fsp3) is 0.207. The average Bonchev–Trinajstić information content (AvgIpc) is 2.90. The third kappa shape index (κ3) is 9.02. The Labute approximate surface area is 227 Å². The first-order chi connectivity index (χ1) is 18.6. The Morgan fingerprint density at radius 1 is 1.05 bits per heavy atom. The number of nitrogens with two attached hydrogens (primary N) is 1. The predicted molar refractivity (Wildman–Crippen MR) is 151 cm³/mol. The van der Waals surface area contributed by atoms with Crippen LogP contribution in [0.15, 0.2) is 65.2 Å². The van der Waals surface area contributed by atoms with Crippen molar-refractivity contribution in [3.05, 3.63) is 88.6 Å². The number of nitrogens with one attached hydrogen (secondary N) is 1. The van der Waals surface area contributed by atoms with E-state index in [0.29, 0.717) is 29.7 Å². The van der Waals surface area contributed by atoms with Crippen molar-refractivity contribution in [1.82, 2.24) is 4.98 Å². The summed E-state index contributed by atoms with van der Waals surface area (Å²) in [5.41, 5.74) is 8.98. The summed E-state index contributed by atoms with van der Waals surface area (Å²) in [4.78, 5) is 50.8. The molecule has 200 valence electrons. The number of hydrogen-bond donors (Lipinski definition) is 2. The zero-order valence-corrected chi connectivity index (χ0v) is 22.4. The molecule has 0 bridgehead atoms. The minimum Gasteiger partial charge on any atom is -0.383 e. The molecule has 1 unspecified atom stereocenters. The van der Waals surface area contributed by atoms with Gasteiger partial charge in [0.15, 0.2) is 12.1 Å². The van der Waals surface area contributed by atoms with Crippen LogP contribution in [0.4, 0.5) is 11.5 Å². The van der Waals surface area contributed by atoms with Gasteiger partial charge >= 0.3 is 0 Å². The molecule has 1 atom stereocenters. The van der Waals surface area contributed by atoms with E-state index in [0.717, 1.165) is 5.56 Å². The number of nitrogen functional groups attached to an aromatic ring is 1. The van der Waals surface area contributed by atoms with E-state index in [1.165, 1.54) is 18.5 Å². The molecule has 0 radical (unpaired) electrons. The number of carbonyl (C=O) groups is 4. The molecular formula is C29H28N4O5S. The van der Waals surface area contributed by atoms with Gasteiger partial charge in [-0.25, -0.2) is 9.19 Å². The van der Waals surface area contributed by atoms with E-state index in [1.807, 2.05) is 25.1 Å². The van der Waals surface area contributed by atoms with Crippen LogP contribution in [-0.4, -0.2) is 45.1 Å². The lowest BCUT2D eigenvalue weighted by Crippen LogP contribution is -2.12. The maximum atomic E-state index is 12.7. The standard InChI is InChI=1S/C29H28N4O5S/c1-20-7-5-10-25(15-20)32-28(36)23-9-6-8-21(16-23)12-13-22-17-24(18-31-27(22)30)29(37)33-39(2,38)14-4-3-11-26(35)19-34/h5-10,15-19H,3-4,11,14H2,1-2H3,(H2,30,31)(H,32,36). The van der Waals surface area contributed by atoms with E-state index in [2.05, 4.69) is 26.5 Å². The zero-order valence-electron chi connectivity index (χ0n) is 21.6. The summed E-state index contributed by atoms with van der Waals surface area (Å²) in [6, 6.07) is 15.7. The van der Waals surface area contributed by atoms with Gasteiger partial charge in [0, 0.05) is 41.4 Å². The lowest BCUT2D eigenvalue weighted by Gasteiger charge is -2.06. The van der Waals surface area contributed by atoms with Crippen LogP contribution in [0.3, 0.4) is 0 Å². The van der Waals surface area contributed by atoms with Crippen LogP contribution in [0.1, 0.15) is 56.7 Å². The molecule has 39 heavy (non-hydrogen) atoms. The van der Waals surface area contributed by atoms with Crippen molar-refractivity contribution in [1.29, 1.82) is 0 Å². The molecule has 0 saturated carbocycles. The monoisotopic (exact) mass is 544 g/mol. The van der Waals surface area contributed by atoms with Gasteiger partial charge in [0.2, 0.25) is 0 Å². The minimum absolute atomic E-state index is 0.0666. The molecule has 0 saturated heterocycles. The summed E-state index contributed by atoms with van der Waals surface area (Å²) in [5.74, 6) is 4.48. The van der Waals surface area contributed by atoms with Crippen LogP contribution >= 0.6 is 0 Å². The maximum absolute atomic E-state index is 12.7. The molecule has 3 rings (SSSR count). The summed E-state index contributed by atoms with van der Waals surface area (Å²) in [7, 11) is -2.86. The number of aldehydes is 1. The van der Waals surface area contributed by atoms with E-state index in [4.69, 9.17) is 5.73 Å². The number of hydrogen-bond acceptors (Lipinski definition) is 7. The average molecular weight is 545 g/mol. The smallest absolute Gasteiger partial charge is 0.286 e. The van der Waals surface area contributed by atoms with Crippen molar-refractivity contribution in [3.8, 4) is 11.8 Å². The number of aryl methyl sites for hydroxylation is 1. The number of Topliss-reactive ketones (excluding diaryl/α,β-unsaturated/α-hetero) is 1. The first-order valence-corrected chi connectivity index (χ1v) is 14.1. The second-order valence-corrected chi connectivity index (χ2v) is 11.4. The SMILES string of the molecule is Cc1cccc(NC(=O)c2cccc(C#Cc3cc(C(=O)N=S(C)(=O)CCCCC(=O)C=O)cnc3N)c2)c1. The number of nitrogens with zero attached hydrogens (tertiary/aromatic N) is 2. The number of aromatic nitrogens is 1. The number of pyridine rings is 1. The van der Waals surface area contributed by atoms with Crippen molar-refractivity contribution in [2.75, 3.05) is 23.1 Å². The number of ketones is 1. The highest BCUT2D eigenvalue weighted by Crippen LogP contribution is 2.15. The number of anilines is 2. The maximum Gasteiger partial charge on any atom is 0.286 e. The van der Waals surface area contributed by atoms with Crippen LogP contribution in [0.25, 0.3) is 0 Å². The molecule has 2 aromatic carbocycles. The van der Waals surface area contributed by atoms with Crippen LogP contribution < -0.4 is 11.1 Å². The van der Waals surface area contributed by atoms with E-state index >= 15 is 0 Å². The van der Waals surface area contributed by atoms with Gasteiger partial charge in [-0.05, 0) is 61.7 Å². The fourth-order valence-corrected chi connectivity index (χ4v) is 4.79. The molecule has 1 heterocycles. The molecule has 3 N–H and O–H groups in total. The quantitative estimate of drug-likeness (QED) is 0.180. The molecule has 2 amide bonds. The van der Waals surface area contributed by atoms with Crippen molar-refractivity contribution in [3.63, 3.8) is 0 Å². The molecule has 1 aromatic heterocycles.